The lowest BCUT2D eigenvalue weighted by Gasteiger charge is -2.17. The van der Waals surface area contributed by atoms with Crippen LogP contribution in [0, 0.1) is 0 Å². The van der Waals surface area contributed by atoms with Crippen LogP contribution < -0.4 is 0 Å². The highest BCUT2D eigenvalue weighted by atomic mass is 35.5. The molecule has 0 aliphatic heterocycles. The molecule has 0 aliphatic rings. The molecule has 0 fully saturated rings. The molecular formula is C16H17Cl2NO3. The summed E-state index contributed by atoms with van der Waals surface area (Å²) in [5.74, 6) is 0.556. The summed E-state index contributed by atoms with van der Waals surface area (Å²) in [7, 11) is 0. The number of carboxylic acid groups (broad SMARTS) is 1. The fourth-order valence-electron chi connectivity index (χ4n) is 2.21. The molecule has 0 saturated carbocycles. The van der Waals surface area contributed by atoms with Crippen molar-refractivity contribution in [2.45, 2.75) is 19.9 Å². The van der Waals surface area contributed by atoms with E-state index in [1.54, 1.807) is 12.1 Å². The first-order chi connectivity index (χ1) is 10.5. The summed E-state index contributed by atoms with van der Waals surface area (Å²) >= 11 is 11.9. The molecule has 0 radical (unpaired) electrons. The van der Waals surface area contributed by atoms with Crippen molar-refractivity contribution in [1.82, 2.24) is 4.90 Å². The van der Waals surface area contributed by atoms with Gasteiger partial charge in [-0.25, -0.2) is 0 Å². The summed E-state index contributed by atoms with van der Waals surface area (Å²) in [5.41, 5.74) is 0.834. The zero-order valence-corrected chi connectivity index (χ0v) is 13.7. The molecule has 0 unspecified atom stereocenters. The zero-order chi connectivity index (χ0) is 16.1. The van der Waals surface area contributed by atoms with Crippen LogP contribution >= 0.6 is 23.2 Å². The van der Waals surface area contributed by atoms with Crippen LogP contribution in [0.5, 0.6) is 0 Å². The van der Waals surface area contributed by atoms with E-state index in [9.17, 15) is 4.79 Å². The predicted octanol–water partition coefficient (Wildman–Crippen LogP) is 4.55. The third kappa shape index (κ3) is 4.50. The number of hydrogen-bond donors (Lipinski definition) is 1. The van der Waals surface area contributed by atoms with Crippen molar-refractivity contribution in [3.63, 3.8) is 0 Å². The number of nitrogens with zero attached hydrogens (tertiary/aromatic N) is 1. The summed E-state index contributed by atoms with van der Waals surface area (Å²) in [5, 5.41) is 9.89. The van der Waals surface area contributed by atoms with Crippen molar-refractivity contribution in [2.75, 3.05) is 13.1 Å². The van der Waals surface area contributed by atoms with Crippen LogP contribution in [0.2, 0.25) is 10.0 Å². The Morgan fingerprint density at radius 2 is 2.00 bits per heavy atom. The summed E-state index contributed by atoms with van der Waals surface area (Å²) in [6.45, 7) is 3.17. The van der Waals surface area contributed by atoms with Gasteiger partial charge in [0.2, 0.25) is 0 Å². The number of halogens is 2. The lowest BCUT2D eigenvalue weighted by atomic mass is 10.2. The Balaban J connectivity index is 2.12. The van der Waals surface area contributed by atoms with Gasteiger partial charge in [-0.1, -0.05) is 30.1 Å². The van der Waals surface area contributed by atoms with E-state index in [4.69, 9.17) is 32.7 Å². The highest BCUT2D eigenvalue weighted by molar-refractivity contribution is 6.42. The standard InChI is InChI=1S/C16H17Cl2NO3/c1-2-7-19(10-16(20)21)9-12-4-6-15(22-12)11-3-5-13(17)14(18)8-11/h3-6,8H,2,7,9-10H2,1H3,(H,20,21). The highest BCUT2D eigenvalue weighted by Crippen LogP contribution is 2.29. The van der Waals surface area contributed by atoms with E-state index in [1.165, 1.54) is 0 Å². The van der Waals surface area contributed by atoms with Crippen molar-refractivity contribution in [1.29, 1.82) is 0 Å². The predicted molar refractivity (Wildman–Crippen MR) is 87.4 cm³/mol. The fourth-order valence-corrected chi connectivity index (χ4v) is 2.51. The molecule has 4 nitrogen and oxygen atoms in total. The molecular weight excluding hydrogens is 325 g/mol. The molecule has 22 heavy (non-hydrogen) atoms. The molecule has 1 heterocycles. The van der Waals surface area contributed by atoms with Crippen LogP contribution in [0.25, 0.3) is 11.3 Å². The third-order valence-corrected chi connectivity index (χ3v) is 3.88. The average molecular weight is 342 g/mol. The van der Waals surface area contributed by atoms with Crippen LogP contribution in [0.15, 0.2) is 34.7 Å². The Morgan fingerprint density at radius 1 is 1.23 bits per heavy atom. The first-order valence-corrected chi connectivity index (χ1v) is 7.73. The quantitative estimate of drug-likeness (QED) is 0.802. The molecule has 0 atom stereocenters. The third-order valence-electron chi connectivity index (χ3n) is 3.14. The molecule has 118 valence electrons. The number of hydrogen-bond acceptors (Lipinski definition) is 3. The minimum atomic E-state index is -0.843. The van der Waals surface area contributed by atoms with Gasteiger partial charge in [0.25, 0.3) is 0 Å². The summed E-state index contributed by atoms with van der Waals surface area (Å²) in [6, 6.07) is 8.99. The largest absolute Gasteiger partial charge is 0.480 e. The van der Waals surface area contributed by atoms with Crippen LogP contribution in [-0.2, 0) is 11.3 Å². The maximum atomic E-state index is 10.9. The SMILES string of the molecule is CCCN(CC(=O)O)Cc1ccc(-c2ccc(Cl)c(Cl)c2)o1. The van der Waals surface area contributed by atoms with Gasteiger partial charge in [-0.2, -0.15) is 0 Å². The second-order valence-corrected chi connectivity index (χ2v) is 5.81. The Morgan fingerprint density at radius 3 is 2.64 bits per heavy atom. The topological polar surface area (TPSA) is 53.7 Å². The van der Waals surface area contributed by atoms with Crippen LogP contribution in [-0.4, -0.2) is 29.1 Å². The summed E-state index contributed by atoms with van der Waals surface area (Å²) in [4.78, 5) is 12.7. The van der Waals surface area contributed by atoms with Gasteiger partial charge in [0.15, 0.2) is 0 Å². The van der Waals surface area contributed by atoms with Gasteiger partial charge in [0.1, 0.15) is 11.5 Å². The highest BCUT2D eigenvalue weighted by Gasteiger charge is 2.13. The molecule has 1 aromatic carbocycles. The van der Waals surface area contributed by atoms with E-state index in [2.05, 4.69) is 0 Å². The number of benzene rings is 1. The Kier molecular flexibility index (Phi) is 5.89. The molecule has 0 amide bonds. The molecule has 1 aromatic heterocycles. The van der Waals surface area contributed by atoms with Crippen LogP contribution in [0.4, 0.5) is 0 Å². The molecule has 2 rings (SSSR count). The lowest BCUT2D eigenvalue weighted by molar-refractivity contribution is -0.138. The van der Waals surface area contributed by atoms with Crippen LogP contribution in [0.1, 0.15) is 19.1 Å². The Labute approximate surface area is 139 Å². The summed E-state index contributed by atoms with van der Waals surface area (Å²) in [6.07, 6.45) is 0.883. The van der Waals surface area contributed by atoms with Gasteiger partial charge in [-0.05, 0) is 43.3 Å². The molecule has 0 spiro atoms. The minimum absolute atomic E-state index is 0.00333. The molecule has 6 heteroatoms. The lowest BCUT2D eigenvalue weighted by Crippen LogP contribution is -2.29. The first-order valence-electron chi connectivity index (χ1n) is 6.98. The van der Waals surface area contributed by atoms with Gasteiger partial charge in [-0.3, -0.25) is 9.69 Å². The summed E-state index contributed by atoms with van der Waals surface area (Å²) < 4.78 is 5.79. The van der Waals surface area contributed by atoms with E-state index >= 15 is 0 Å². The first kappa shape index (κ1) is 16.9. The van der Waals surface area contributed by atoms with E-state index in [1.807, 2.05) is 30.0 Å². The van der Waals surface area contributed by atoms with Gasteiger partial charge in [0.05, 0.1) is 23.1 Å². The molecule has 1 N–H and O–H groups in total. The van der Waals surface area contributed by atoms with Crippen LogP contribution in [0.3, 0.4) is 0 Å². The minimum Gasteiger partial charge on any atom is -0.480 e. The number of aliphatic carboxylic acids is 1. The van der Waals surface area contributed by atoms with Gasteiger partial charge >= 0.3 is 5.97 Å². The van der Waals surface area contributed by atoms with Crippen molar-refractivity contribution in [3.8, 4) is 11.3 Å². The number of furan rings is 1. The second kappa shape index (κ2) is 7.68. The van der Waals surface area contributed by atoms with Gasteiger partial charge < -0.3 is 9.52 Å². The van der Waals surface area contributed by atoms with Gasteiger partial charge in [-0.15, -0.1) is 0 Å². The maximum absolute atomic E-state index is 10.9. The van der Waals surface area contributed by atoms with E-state index < -0.39 is 5.97 Å². The van der Waals surface area contributed by atoms with E-state index in [0.29, 0.717) is 28.9 Å². The second-order valence-electron chi connectivity index (χ2n) is 5.00. The molecule has 0 aliphatic carbocycles. The number of carbonyl (C=O) groups is 1. The molecule has 0 bridgehead atoms. The Bertz CT molecular complexity index is 655. The fraction of sp³-hybridized carbons (Fsp3) is 0.312. The van der Waals surface area contributed by atoms with E-state index in [0.717, 1.165) is 17.7 Å². The van der Waals surface area contributed by atoms with Crippen molar-refractivity contribution in [2.24, 2.45) is 0 Å². The average Bonchev–Trinajstić information content (AvgIpc) is 2.90. The smallest absolute Gasteiger partial charge is 0.317 e. The Hall–Kier alpha value is -1.49. The van der Waals surface area contributed by atoms with Gasteiger partial charge in [0, 0.05) is 5.56 Å². The number of rotatable bonds is 7. The van der Waals surface area contributed by atoms with Crippen molar-refractivity contribution in [3.05, 3.63) is 46.1 Å². The van der Waals surface area contributed by atoms with E-state index in [-0.39, 0.29) is 6.54 Å². The number of carboxylic acids is 1. The molecule has 0 saturated heterocycles. The van der Waals surface area contributed by atoms with Crippen molar-refractivity contribution >= 4 is 29.2 Å². The normalized spacial score (nSPS) is 11.1. The molecule has 2 aromatic rings. The maximum Gasteiger partial charge on any atom is 0.317 e. The van der Waals surface area contributed by atoms with Crippen molar-refractivity contribution < 1.29 is 14.3 Å². The monoisotopic (exact) mass is 341 g/mol. The zero-order valence-electron chi connectivity index (χ0n) is 12.2.